The number of methoxy groups -OCH3 is 1. The van der Waals surface area contributed by atoms with Crippen LogP contribution in [0, 0.1) is 0 Å². The maximum absolute atomic E-state index is 13.0. The first-order valence-electron chi connectivity index (χ1n) is 10.0. The number of anilines is 1. The summed E-state index contributed by atoms with van der Waals surface area (Å²) in [5.41, 5.74) is 6.70. The van der Waals surface area contributed by atoms with Crippen LogP contribution in [0.1, 0.15) is 20.3 Å². The van der Waals surface area contributed by atoms with E-state index in [-0.39, 0.29) is 29.8 Å². The van der Waals surface area contributed by atoms with Gasteiger partial charge >= 0.3 is 5.97 Å². The van der Waals surface area contributed by atoms with Crippen LogP contribution < -0.4 is 5.73 Å². The number of aromatic nitrogens is 4. The molecule has 0 aliphatic heterocycles. The van der Waals surface area contributed by atoms with E-state index in [0.29, 0.717) is 56.7 Å². The molecule has 1 unspecified atom stereocenters. The van der Waals surface area contributed by atoms with E-state index in [1.54, 1.807) is 13.3 Å². The zero-order valence-electron chi connectivity index (χ0n) is 18.1. The summed E-state index contributed by atoms with van der Waals surface area (Å²) in [5, 5.41) is 0.192. The van der Waals surface area contributed by atoms with Crippen LogP contribution in [0.15, 0.2) is 6.33 Å². The third-order valence-electron chi connectivity index (χ3n) is 4.57. The Balaban J connectivity index is 2.09. The Hall–Kier alpha value is -1.78. The van der Waals surface area contributed by atoms with Crippen molar-refractivity contribution in [1.82, 2.24) is 24.4 Å². The van der Waals surface area contributed by atoms with Gasteiger partial charge in [0.25, 0.3) is 0 Å². The Labute approximate surface area is 186 Å². The first-order valence-corrected chi connectivity index (χ1v) is 12.4. The lowest BCUT2D eigenvalue weighted by molar-refractivity contribution is -0.140. The van der Waals surface area contributed by atoms with Gasteiger partial charge in [-0.3, -0.25) is 9.36 Å². The molecule has 1 atom stereocenters. The molecule has 2 heterocycles. The number of ether oxygens (including phenoxy) is 2. The van der Waals surface area contributed by atoms with Crippen LogP contribution in [0.25, 0.3) is 11.2 Å². The van der Waals surface area contributed by atoms with Crippen LogP contribution in [-0.4, -0.2) is 82.9 Å². The van der Waals surface area contributed by atoms with E-state index in [9.17, 15) is 9.36 Å². The van der Waals surface area contributed by atoms with Gasteiger partial charge < -0.3 is 29.2 Å². The largest absolute Gasteiger partial charge is 0.469 e. The summed E-state index contributed by atoms with van der Waals surface area (Å²) in [6, 6.07) is 0. The monoisotopic (exact) mass is 476 g/mol. The Morgan fingerprint density at radius 3 is 2.71 bits per heavy atom. The summed E-state index contributed by atoms with van der Waals surface area (Å²) >= 11 is 6.08. The molecule has 2 aromatic rings. The minimum atomic E-state index is -2.93. The quantitative estimate of drug-likeness (QED) is 0.245. The average molecular weight is 477 g/mol. The van der Waals surface area contributed by atoms with E-state index in [1.165, 1.54) is 7.11 Å². The Morgan fingerprint density at radius 2 is 2.03 bits per heavy atom. The zero-order chi connectivity index (χ0) is 22.9. The molecule has 0 saturated heterocycles. The molecule has 13 heteroatoms. The normalized spacial score (nSPS) is 13.6. The highest BCUT2D eigenvalue weighted by atomic mass is 35.5. The molecule has 174 valence electrons. The molecule has 0 aliphatic carbocycles. The number of rotatable bonds is 14. The van der Waals surface area contributed by atoms with Gasteiger partial charge in [-0.25, -0.2) is 4.98 Å². The molecule has 11 nitrogen and oxygen atoms in total. The Morgan fingerprint density at radius 1 is 1.26 bits per heavy atom. The van der Waals surface area contributed by atoms with E-state index < -0.39 is 7.37 Å². The number of carbonyl (C=O) groups excluding carboxylic acids is 1. The van der Waals surface area contributed by atoms with E-state index >= 15 is 0 Å². The van der Waals surface area contributed by atoms with Crippen LogP contribution in [0.5, 0.6) is 0 Å². The van der Waals surface area contributed by atoms with Crippen molar-refractivity contribution in [3.8, 4) is 0 Å². The molecule has 0 fully saturated rings. The maximum Gasteiger partial charge on any atom is 0.306 e. The third kappa shape index (κ3) is 7.69. The van der Waals surface area contributed by atoms with E-state index in [2.05, 4.69) is 15.0 Å². The van der Waals surface area contributed by atoms with Crippen molar-refractivity contribution in [2.75, 3.05) is 58.2 Å². The number of imidazole rings is 1. The lowest BCUT2D eigenvalue weighted by Gasteiger charge is -2.25. The van der Waals surface area contributed by atoms with Gasteiger partial charge in [0, 0.05) is 38.9 Å². The fourth-order valence-corrected chi connectivity index (χ4v) is 5.02. The van der Waals surface area contributed by atoms with Crippen LogP contribution in [-0.2, 0) is 29.9 Å². The lowest BCUT2D eigenvalue weighted by Crippen LogP contribution is -2.33. The van der Waals surface area contributed by atoms with Gasteiger partial charge in [-0.2, -0.15) is 9.97 Å². The maximum atomic E-state index is 13.0. The molecule has 2 rings (SSSR count). The van der Waals surface area contributed by atoms with Gasteiger partial charge in [-0.05, 0) is 13.8 Å². The smallest absolute Gasteiger partial charge is 0.306 e. The van der Waals surface area contributed by atoms with Gasteiger partial charge in [-0.1, -0.05) is 11.6 Å². The number of esters is 1. The molecule has 0 amide bonds. The summed E-state index contributed by atoms with van der Waals surface area (Å²) in [6.07, 6.45) is 2.21. The summed E-state index contributed by atoms with van der Waals surface area (Å²) in [4.78, 5) is 26.0. The van der Waals surface area contributed by atoms with Gasteiger partial charge in [0.2, 0.25) is 13.3 Å². The molecule has 0 aliphatic rings. The zero-order valence-corrected chi connectivity index (χ0v) is 19.8. The molecule has 2 N–H and O–H groups in total. The molecular weight excluding hydrogens is 447 g/mol. The van der Waals surface area contributed by atoms with Crippen LogP contribution in [0.2, 0.25) is 5.15 Å². The molecule has 0 spiro atoms. The first-order chi connectivity index (χ1) is 14.8. The van der Waals surface area contributed by atoms with Crippen LogP contribution >= 0.6 is 19.0 Å². The SMILES string of the molecule is CCOCP(=O)(CCN(CCC(=O)OC)CCn1cnc2c(Cl)nc(N)nc21)OCC. The molecule has 31 heavy (non-hydrogen) atoms. The third-order valence-corrected chi connectivity index (χ3v) is 7.02. The molecule has 0 radical (unpaired) electrons. The highest BCUT2D eigenvalue weighted by Crippen LogP contribution is 2.46. The van der Waals surface area contributed by atoms with Crippen molar-refractivity contribution < 1.29 is 23.4 Å². The molecule has 0 aromatic carbocycles. The number of nitrogens with two attached hydrogens (primary N) is 1. The number of fused-ring (bicyclic) bond motifs is 1. The number of hydrogen-bond donors (Lipinski definition) is 1. The summed E-state index contributed by atoms with van der Waals surface area (Å²) in [6.45, 7) is 6.41. The van der Waals surface area contributed by atoms with Crippen molar-refractivity contribution in [2.24, 2.45) is 0 Å². The molecule has 0 saturated carbocycles. The molecular formula is C18H30ClN6O5P. The van der Waals surface area contributed by atoms with Crippen molar-refractivity contribution in [3.05, 3.63) is 11.5 Å². The van der Waals surface area contributed by atoms with Crippen molar-refractivity contribution in [1.29, 1.82) is 0 Å². The number of nitrogens with zero attached hydrogens (tertiary/aromatic N) is 5. The van der Waals surface area contributed by atoms with Crippen LogP contribution in [0.4, 0.5) is 5.95 Å². The second kappa shape index (κ2) is 12.3. The number of halogens is 1. The fraction of sp³-hybridized carbons (Fsp3) is 0.667. The second-order valence-corrected chi connectivity index (χ2v) is 9.68. The second-order valence-electron chi connectivity index (χ2n) is 6.73. The summed E-state index contributed by atoms with van der Waals surface area (Å²) in [5.74, 6) is -0.247. The van der Waals surface area contributed by atoms with E-state index in [4.69, 9.17) is 31.3 Å². The Kier molecular flexibility index (Phi) is 10.1. The first kappa shape index (κ1) is 25.5. The van der Waals surface area contributed by atoms with Crippen molar-refractivity contribution in [3.63, 3.8) is 0 Å². The highest BCUT2D eigenvalue weighted by molar-refractivity contribution is 7.58. The molecule has 0 bridgehead atoms. The predicted octanol–water partition coefficient (Wildman–Crippen LogP) is 2.24. The fourth-order valence-electron chi connectivity index (χ4n) is 2.95. The lowest BCUT2D eigenvalue weighted by atomic mass is 10.3. The van der Waals surface area contributed by atoms with Gasteiger partial charge in [0.15, 0.2) is 10.8 Å². The van der Waals surface area contributed by atoms with E-state index in [0.717, 1.165) is 0 Å². The summed E-state index contributed by atoms with van der Waals surface area (Å²) in [7, 11) is -1.58. The van der Waals surface area contributed by atoms with Gasteiger partial charge in [0.05, 0.1) is 26.5 Å². The van der Waals surface area contributed by atoms with Gasteiger partial charge in [-0.15, -0.1) is 0 Å². The topological polar surface area (TPSA) is 135 Å². The minimum Gasteiger partial charge on any atom is -0.469 e. The minimum absolute atomic E-state index is 0.0652. The average Bonchev–Trinajstić information content (AvgIpc) is 3.14. The Bertz CT molecular complexity index is 911. The number of carbonyl (C=O) groups is 1. The predicted molar refractivity (Wildman–Crippen MR) is 118 cm³/mol. The number of nitrogen functional groups attached to an aromatic ring is 1. The summed E-state index contributed by atoms with van der Waals surface area (Å²) < 4.78 is 30.5. The van der Waals surface area contributed by atoms with Crippen molar-refractivity contribution >= 4 is 42.1 Å². The van der Waals surface area contributed by atoms with E-state index in [1.807, 2.05) is 16.4 Å². The van der Waals surface area contributed by atoms with Gasteiger partial charge in [0.1, 0.15) is 11.9 Å². The molecule has 2 aromatic heterocycles. The van der Waals surface area contributed by atoms with Crippen LogP contribution in [0.3, 0.4) is 0 Å². The standard InChI is InChI=1S/C18H30ClN6O5P/c1-4-29-13-31(27,30-5-2)11-10-24(7-6-14(26)28-3)8-9-25-12-21-15-16(19)22-18(20)23-17(15)25/h12H,4-11,13H2,1-3H3,(H2,20,22,23). The number of hydrogen-bond acceptors (Lipinski definition) is 10. The van der Waals surface area contributed by atoms with Crippen molar-refractivity contribution in [2.45, 2.75) is 26.8 Å². The highest BCUT2D eigenvalue weighted by Gasteiger charge is 2.24.